The second-order valence-electron chi connectivity index (χ2n) is 7.99. The molecule has 2 aromatic carbocycles. The number of hydrogen-bond acceptors (Lipinski definition) is 5. The van der Waals surface area contributed by atoms with Gasteiger partial charge in [-0.05, 0) is 54.7 Å². The Balaban J connectivity index is 1.42. The molecule has 1 heterocycles. The summed E-state index contributed by atoms with van der Waals surface area (Å²) in [6.45, 7) is 7.31. The lowest BCUT2D eigenvalue weighted by Crippen LogP contribution is -2.30. The molecule has 0 aliphatic rings. The van der Waals surface area contributed by atoms with Crippen LogP contribution in [0.2, 0.25) is 0 Å². The largest absolute Gasteiger partial charge is 0.486 e. The van der Waals surface area contributed by atoms with Crippen LogP contribution in [0.25, 0.3) is 0 Å². The minimum Gasteiger partial charge on any atom is -0.486 e. The molecular formula is C25H28FN3O3S. The third-order valence-corrected chi connectivity index (χ3v) is 5.76. The smallest absolute Gasteiger partial charge is 0.270 e. The summed E-state index contributed by atoms with van der Waals surface area (Å²) in [6.07, 6.45) is 0.540. The Morgan fingerprint density at radius 3 is 2.58 bits per heavy atom. The second-order valence-corrected chi connectivity index (χ2v) is 8.93. The number of carbonyl (C=O) groups excluding carboxylic acids is 2. The van der Waals surface area contributed by atoms with Gasteiger partial charge < -0.3 is 15.4 Å². The molecule has 0 bridgehead atoms. The number of amides is 2. The molecular weight excluding hydrogens is 441 g/mol. The van der Waals surface area contributed by atoms with E-state index in [1.807, 2.05) is 13.0 Å². The van der Waals surface area contributed by atoms with Crippen LogP contribution in [0.3, 0.4) is 0 Å². The lowest BCUT2D eigenvalue weighted by Gasteiger charge is -2.14. The van der Waals surface area contributed by atoms with Gasteiger partial charge in [0.05, 0.1) is 0 Å². The van der Waals surface area contributed by atoms with E-state index in [-0.39, 0.29) is 17.4 Å². The van der Waals surface area contributed by atoms with E-state index in [0.29, 0.717) is 37.7 Å². The lowest BCUT2D eigenvalue weighted by molar-refractivity contribution is 0.0948. The van der Waals surface area contributed by atoms with Crippen LogP contribution in [-0.2, 0) is 6.61 Å². The third-order valence-electron chi connectivity index (χ3n) is 4.94. The van der Waals surface area contributed by atoms with Crippen LogP contribution in [-0.4, -0.2) is 29.9 Å². The molecule has 8 heteroatoms. The van der Waals surface area contributed by atoms with Crippen LogP contribution in [0, 0.1) is 12.7 Å². The summed E-state index contributed by atoms with van der Waals surface area (Å²) in [5.74, 6) is 0.108. The fourth-order valence-electron chi connectivity index (χ4n) is 3.18. The van der Waals surface area contributed by atoms with Gasteiger partial charge in [-0.1, -0.05) is 32.0 Å². The van der Waals surface area contributed by atoms with Gasteiger partial charge in [-0.3, -0.25) is 9.59 Å². The molecule has 0 radical (unpaired) electrons. The molecule has 3 rings (SSSR count). The SMILES string of the molecule is Cc1ccc(C(C)C)c(OCc2nc(C(=O)NCCCNC(=O)c3cccc(F)c3)cs2)c1. The summed E-state index contributed by atoms with van der Waals surface area (Å²) < 4.78 is 19.2. The first-order valence-electron chi connectivity index (χ1n) is 10.8. The van der Waals surface area contributed by atoms with Crippen LogP contribution in [0.1, 0.15) is 63.2 Å². The number of aromatic nitrogens is 1. The van der Waals surface area contributed by atoms with E-state index in [0.717, 1.165) is 21.9 Å². The summed E-state index contributed by atoms with van der Waals surface area (Å²) in [5, 5.41) is 7.93. The summed E-state index contributed by atoms with van der Waals surface area (Å²) in [5.41, 5.74) is 2.87. The zero-order valence-electron chi connectivity index (χ0n) is 19.0. The van der Waals surface area contributed by atoms with Gasteiger partial charge >= 0.3 is 0 Å². The molecule has 0 aliphatic carbocycles. The minimum absolute atomic E-state index is 0.266. The molecule has 3 aromatic rings. The van der Waals surface area contributed by atoms with Gasteiger partial charge in [0.25, 0.3) is 11.8 Å². The van der Waals surface area contributed by atoms with Gasteiger partial charge in [0, 0.05) is 24.0 Å². The van der Waals surface area contributed by atoms with E-state index in [2.05, 4.69) is 41.6 Å². The summed E-state index contributed by atoms with van der Waals surface area (Å²) in [6, 6.07) is 11.7. The number of thiazole rings is 1. The van der Waals surface area contributed by atoms with Crippen molar-refractivity contribution in [2.75, 3.05) is 13.1 Å². The standard InChI is InChI=1S/C25H28FN3O3S/c1-16(2)20-9-8-17(3)12-22(20)32-14-23-29-21(15-33-23)25(31)28-11-5-10-27-24(30)18-6-4-7-19(26)13-18/h4,6-9,12-13,15-16H,5,10-11,14H2,1-3H3,(H,27,30)(H,28,31). The van der Waals surface area contributed by atoms with E-state index >= 15 is 0 Å². The molecule has 0 aliphatic heterocycles. The molecule has 0 spiro atoms. The molecule has 0 unspecified atom stereocenters. The Kier molecular flexibility index (Phi) is 8.54. The Morgan fingerprint density at radius 2 is 1.85 bits per heavy atom. The first-order chi connectivity index (χ1) is 15.8. The van der Waals surface area contributed by atoms with Crippen molar-refractivity contribution in [3.63, 3.8) is 0 Å². The maximum Gasteiger partial charge on any atom is 0.270 e. The van der Waals surface area contributed by atoms with Crippen LogP contribution < -0.4 is 15.4 Å². The topological polar surface area (TPSA) is 80.3 Å². The van der Waals surface area contributed by atoms with Crippen molar-refractivity contribution in [2.24, 2.45) is 0 Å². The zero-order chi connectivity index (χ0) is 23.8. The van der Waals surface area contributed by atoms with Crippen molar-refractivity contribution in [2.45, 2.75) is 39.7 Å². The van der Waals surface area contributed by atoms with Gasteiger partial charge in [-0.15, -0.1) is 11.3 Å². The number of rotatable bonds is 10. The highest BCUT2D eigenvalue weighted by Gasteiger charge is 2.13. The molecule has 6 nitrogen and oxygen atoms in total. The van der Waals surface area contributed by atoms with E-state index in [1.54, 1.807) is 11.4 Å². The van der Waals surface area contributed by atoms with Gasteiger partial charge in [0.2, 0.25) is 0 Å². The highest BCUT2D eigenvalue weighted by molar-refractivity contribution is 7.09. The number of benzene rings is 2. The monoisotopic (exact) mass is 469 g/mol. The van der Waals surface area contributed by atoms with Gasteiger partial charge in [-0.25, -0.2) is 9.37 Å². The molecule has 1 aromatic heterocycles. The van der Waals surface area contributed by atoms with Crippen molar-refractivity contribution in [3.05, 3.63) is 81.1 Å². The van der Waals surface area contributed by atoms with Crippen molar-refractivity contribution in [1.82, 2.24) is 15.6 Å². The Morgan fingerprint density at radius 1 is 1.09 bits per heavy atom. The van der Waals surface area contributed by atoms with Crippen LogP contribution in [0.5, 0.6) is 5.75 Å². The highest BCUT2D eigenvalue weighted by Crippen LogP contribution is 2.28. The van der Waals surface area contributed by atoms with Crippen molar-refractivity contribution >= 4 is 23.2 Å². The maximum atomic E-state index is 13.2. The van der Waals surface area contributed by atoms with E-state index in [1.165, 1.54) is 29.5 Å². The van der Waals surface area contributed by atoms with Crippen molar-refractivity contribution in [1.29, 1.82) is 0 Å². The molecule has 33 heavy (non-hydrogen) atoms. The molecule has 174 valence electrons. The van der Waals surface area contributed by atoms with Crippen molar-refractivity contribution in [3.8, 4) is 5.75 Å². The van der Waals surface area contributed by atoms with E-state index < -0.39 is 5.82 Å². The Labute approximate surface area is 197 Å². The average molecular weight is 470 g/mol. The molecule has 0 fully saturated rings. The maximum absolute atomic E-state index is 13.2. The number of nitrogens with zero attached hydrogens (tertiary/aromatic N) is 1. The van der Waals surface area contributed by atoms with Crippen LogP contribution >= 0.6 is 11.3 Å². The number of carbonyl (C=O) groups is 2. The summed E-state index contributed by atoms with van der Waals surface area (Å²) in [4.78, 5) is 28.7. The molecule has 0 saturated heterocycles. The molecule has 0 saturated carbocycles. The predicted octanol–water partition coefficient (Wildman–Crippen LogP) is 4.84. The number of halogens is 1. The number of nitrogens with one attached hydrogen (secondary N) is 2. The fraction of sp³-hybridized carbons (Fsp3) is 0.320. The normalized spacial score (nSPS) is 10.8. The number of aryl methyl sites for hydroxylation is 1. The highest BCUT2D eigenvalue weighted by atomic mass is 32.1. The zero-order valence-corrected chi connectivity index (χ0v) is 19.8. The summed E-state index contributed by atoms with van der Waals surface area (Å²) in [7, 11) is 0. The second kappa shape index (κ2) is 11.6. The van der Waals surface area contributed by atoms with Gasteiger partial charge in [-0.2, -0.15) is 0 Å². The minimum atomic E-state index is -0.456. The van der Waals surface area contributed by atoms with Crippen molar-refractivity contribution < 1.29 is 18.7 Å². The van der Waals surface area contributed by atoms with Gasteiger partial charge in [0.15, 0.2) is 0 Å². The lowest BCUT2D eigenvalue weighted by atomic mass is 10.0. The Bertz CT molecular complexity index is 1110. The van der Waals surface area contributed by atoms with E-state index in [9.17, 15) is 14.0 Å². The molecule has 2 amide bonds. The van der Waals surface area contributed by atoms with Gasteiger partial charge in [0.1, 0.15) is 28.9 Å². The van der Waals surface area contributed by atoms with Crippen LogP contribution in [0.4, 0.5) is 4.39 Å². The summed E-state index contributed by atoms with van der Waals surface area (Å²) >= 11 is 1.38. The Hall–Kier alpha value is -3.26. The predicted molar refractivity (Wildman–Crippen MR) is 127 cm³/mol. The first kappa shape index (κ1) is 24.4. The number of ether oxygens (including phenoxy) is 1. The van der Waals surface area contributed by atoms with Crippen LogP contribution in [0.15, 0.2) is 47.8 Å². The van der Waals surface area contributed by atoms with E-state index in [4.69, 9.17) is 4.74 Å². The first-order valence-corrected chi connectivity index (χ1v) is 11.7. The molecule has 0 atom stereocenters. The quantitative estimate of drug-likeness (QED) is 0.416. The third kappa shape index (κ3) is 7.12. The molecule has 2 N–H and O–H groups in total. The number of hydrogen-bond donors (Lipinski definition) is 2. The fourth-order valence-corrected chi connectivity index (χ4v) is 3.86. The average Bonchev–Trinajstić information content (AvgIpc) is 3.26.